The van der Waals surface area contributed by atoms with E-state index in [0.717, 1.165) is 24.7 Å². The molecule has 1 aliphatic carbocycles. The third kappa shape index (κ3) is 7.08. The van der Waals surface area contributed by atoms with Crippen molar-refractivity contribution in [2.75, 3.05) is 19.8 Å². The molecule has 0 aromatic rings. The molecule has 0 bridgehead atoms. The Hall–Kier alpha value is -3.06. The Balaban J connectivity index is 3.28. The number of rotatable bonds is 8. The molecule has 1 rings (SSSR count). The highest BCUT2D eigenvalue weighted by molar-refractivity contribution is 6.01. The molecule has 162 valence electrons. The number of carbonyl (C=O) groups excluding carboxylic acids is 4. The van der Waals surface area contributed by atoms with E-state index in [4.69, 9.17) is 14.2 Å². The van der Waals surface area contributed by atoms with Crippen LogP contribution in [0.4, 0.5) is 0 Å². The molecule has 0 N–H and O–H groups in total. The van der Waals surface area contributed by atoms with Crippen LogP contribution >= 0.6 is 0 Å². The van der Waals surface area contributed by atoms with Gasteiger partial charge >= 0.3 is 17.9 Å². The summed E-state index contributed by atoms with van der Waals surface area (Å²) in [5.74, 6) is 8.19. The van der Waals surface area contributed by atoms with Crippen molar-refractivity contribution in [1.82, 2.24) is 0 Å². The molecule has 0 unspecified atom stereocenters. The van der Waals surface area contributed by atoms with Crippen LogP contribution < -0.4 is 0 Å². The van der Waals surface area contributed by atoms with Crippen molar-refractivity contribution < 1.29 is 33.4 Å². The Morgan fingerprint density at radius 3 is 2.03 bits per heavy atom. The van der Waals surface area contributed by atoms with E-state index in [2.05, 4.69) is 23.7 Å². The second-order valence-electron chi connectivity index (χ2n) is 6.53. The van der Waals surface area contributed by atoms with Crippen LogP contribution in [0.3, 0.4) is 0 Å². The Morgan fingerprint density at radius 1 is 0.900 bits per heavy atom. The van der Waals surface area contributed by atoms with E-state index in [0.29, 0.717) is 18.4 Å². The molecule has 0 fully saturated rings. The first-order valence-corrected chi connectivity index (χ1v) is 10.1. The van der Waals surface area contributed by atoms with Crippen molar-refractivity contribution in [2.24, 2.45) is 5.41 Å². The first kappa shape index (κ1) is 25.0. The van der Waals surface area contributed by atoms with Crippen LogP contribution in [0.1, 0.15) is 59.3 Å². The number of ether oxygens (including phenoxy) is 3. The molecule has 0 aromatic carbocycles. The topological polar surface area (TPSA) is 96.0 Å². The van der Waals surface area contributed by atoms with E-state index in [1.807, 2.05) is 0 Å². The van der Waals surface area contributed by atoms with E-state index in [1.165, 1.54) is 0 Å². The Kier molecular flexibility index (Phi) is 11.0. The third-order valence-electron chi connectivity index (χ3n) is 4.47. The van der Waals surface area contributed by atoms with Crippen LogP contribution in [-0.2, 0) is 33.4 Å². The minimum atomic E-state index is -1.80. The molecule has 0 atom stereocenters. The van der Waals surface area contributed by atoms with Gasteiger partial charge in [0.05, 0.1) is 19.8 Å². The summed E-state index contributed by atoms with van der Waals surface area (Å²) >= 11 is 0. The summed E-state index contributed by atoms with van der Waals surface area (Å²) in [4.78, 5) is 48.2. The van der Waals surface area contributed by atoms with Gasteiger partial charge < -0.3 is 14.2 Å². The molecule has 30 heavy (non-hydrogen) atoms. The van der Waals surface area contributed by atoms with Gasteiger partial charge in [-0.15, -0.1) is 0 Å². The fourth-order valence-corrected chi connectivity index (χ4v) is 2.91. The minimum Gasteiger partial charge on any atom is -0.465 e. The quantitative estimate of drug-likeness (QED) is 0.150. The fraction of sp³-hybridized carbons (Fsp3) is 0.565. The van der Waals surface area contributed by atoms with Crippen molar-refractivity contribution in [3.63, 3.8) is 0 Å². The van der Waals surface area contributed by atoms with Crippen molar-refractivity contribution >= 4 is 24.2 Å². The average Bonchev–Trinajstić information content (AvgIpc) is 2.73. The number of aldehydes is 1. The monoisotopic (exact) mass is 416 g/mol. The number of hydrogen-bond acceptors (Lipinski definition) is 7. The van der Waals surface area contributed by atoms with Crippen LogP contribution in [0.25, 0.3) is 0 Å². The zero-order chi connectivity index (χ0) is 22.4. The number of esters is 3. The van der Waals surface area contributed by atoms with Gasteiger partial charge in [0.1, 0.15) is 6.29 Å². The molecule has 0 saturated carbocycles. The second-order valence-corrected chi connectivity index (χ2v) is 6.53. The summed E-state index contributed by atoms with van der Waals surface area (Å²) in [6.45, 7) is 5.15. The standard InChI is InChI=1S/C23H28O7/c1-4-28-20(25)14-10-16-23(21(26)29-5-2,22(27)30-6-3)15-9-13-18-11-7-8-12-19(18)17-24/h17H,4-8,11-12,15-16H2,1-3H3. The molecule has 1 aliphatic rings. The molecular weight excluding hydrogens is 388 g/mol. The average molecular weight is 416 g/mol. The smallest absolute Gasteiger partial charge is 0.384 e. The normalized spacial score (nSPS) is 13.2. The SMILES string of the molecule is CCOC(=O)C#CCC(CC#CC1=C(C=O)CCCC1)(C(=O)OCC)C(=O)OCC. The van der Waals surface area contributed by atoms with Gasteiger partial charge in [-0.05, 0) is 46.5 Å². The summed E-state index contributed by atoms with van der Waals surface area (Å²) in [5.41, 5.74) is -0.432. The Labute approximate surface area is 177 Å². The number of carbonyl (C=O) groups is 4. The van der Waals surface area contributed by atoms with Gasteiger partial charge in [0.2, 0.25) is 0 Å². The molecular formula is C23H28O7. The third-order valence-corrected chi connectivity index (χ3v) is 4.47. The van der Waals surface area contributed by atoms with E-state index in [-0.39, 0.29) is 32.7 Å². The largest absolute Gasteiger partial charge is 0.465 e. The molecule has 7 heteroatoms. The van der Waals surface area contributed by atoms with Crippen LogP contribution in [-0.4, -0.2) is 44.0 Å². The molecule has 0 amide bonds. The predicted molar refractivity (Wildman–Crippen MR) is 109 cm³/mol. The van der Waals surface area contributed by atoms with Crippen molar-refractivity contribution in [3.05, 3.63) is 11.1 Å². The lowest BCUT2D eigenvalue weighted by Crippen LogP contribution is -2.41. The van der Waals surface area contributed by atoms with Crippen LogP contribution in [0, 0.1) is 29.1 Å². The lowest BCUT2D eigenvalue weighted by atomic mass is 9.81. The molecule has 0 spiro atoms. The maximum Gasteiger partial charge on any atom is 0.384 e. The minimum absolute atomic E-state index is 0.0547. The highest BCUT2D eigenvalue weighted by Crippen LogP contribution is 2.31. The first-order chi connectivity index (χ1) is 14.4. The van der Waals surface area contributed by atoms with Gasteiger partial charge in [0.15, 0.2) is 5.41 Å². The number of allylic oxidation sites excluding steroid dienone is 2. The highest BCUT2D eigenvalue weighted by atomic mass is 16.6. The highest BCUT2D eigenvalue weighted by Gasteiger charge is 2.48. The van der Waals surface area contributed by atoms with Crippen LogP contribution in [0.15, 0.2) is 11.1 Å². The summed E-state index contributed by atoms with van der Waals surface area (Å²) in [7, 11) is 0. The van der Waals surface area contributed by atoms with Gasteiger partial charge in [0, 0.05) is 29.9 Å². The van der Waals surface area contributed by atoms with Gasteiger partial charge in [0.25, 0.3) is 0 Å². The second kappa shape index (κ2) is 13.2. The zero-order valence-corrected chi connectivity index (χ0v) is 17.8. The van der Waals surface area contributed by atoms with E-state index < -0.39 is 23.3 Å². The summed E-state index contributed by atoms with van der Waals surface area (Å²) in [6, 6.07) is 0. The van der Waals surface area contributed by atoms with Crippen molar-refractivity contribution in [1.29, 1.82) is 0 Å². The molecule has 0 saturated heterocycles. The molecule has 7 nitrogen and oxygen atoms in total. The Morgan fingerprint density at radius 2 is 1.47 bits per heavy atom. The van der Waals surface area contributed by atoms with Gasteiger partial charge in [-0.25, -0.2) is 4.79 Å². The van der Waals surface area contributed by atoms with Gasteiger partial charge in [-0.3, -0.25) is 14.4 Å². The Bertz CT molecular complexity index is 781. The van der Waals surface area contributed by atoms with Gasteiger partial charge in [-0.2, -0.15) is 0 Å². The summed E-state index contributed by atoms with van der Waals surface area (Å²) in [6.07, 6.45) is 3.48. The number of hydrogen-bond donors (Lipinski definition) is 0. The van der Waals surface area contributed by atoms with E-state index >= 15 is 0 Å². The molecule has 0 aliphatic heterocycles. The maximum absolute atomic E-state index is 12.7. The van der Waals surface area contributed by atoms with Crippen LogP contribution in [0.5, 0.6) is 0 Å². The van der Waals surface area contributed by atoms with Crippen molar-refractivity contribution in [3.8, 4) is 23.7 Å². The maximum atomic E-state index is 12.7. The van der Waals surface area contributed by atoms with E-state index in [1.54, 1.807) is 20.8 Å². The summed E-state index contributed by atoms with van der Waals surface area (Å²) < 4.78 is 15.0. The predicted octanol–water partition coefficient (Wildman–Crippen LogP) is 2.52. The fourth-order valence-electron chi connectivity index (χ4n) is 2.91. The zero-order valence-electron chi connectivity index (χ0n) is 17.8. The first-order valence-electron chi connectivity index (χ1n) is 10.1. The lowest BCUT2D eigenvalue weighted by molar-refractivity contribution is -0.171. The molecule has 0 radical (unpaired) electrons. The summed E-state index contributed by atoms with van der Waals surface area (Å²) in [5, 5.41) is 0. The van der Waals surface area contributed by atoms with Gasteiger partial charge in [-0.1, -0.05) is 17.8 Å². The lowest BCUT2D eigenvalue weighted by Gasteiger charge is -2.25. The van der Waals surface area contributed by atoms with Crippen molar-refractivity contribution in [2.45, 2.75) is 59.3 Å². The molecule has 0 heterocycles. The molecule has 0 aromatic heterocycles. The van der Waals surface area contributed by atoms with E-state index in [9.17, 15) is 19.2 Å². The van der Waals surface area contributed by atoms with Crippen LogP contribution in [0.2, 0.25) is 0 Å².